The van der Waals surface area contributed by atoms with Crippen LogP contribution in [0.3, 0.4) is 0 Å². The first-order valence-electron chi connectivity index (χ1n) is 6.26. The van der Waals surface area contributed by atoms with Crippen LogP contribution >= 0.6 is 11.6 Å². The fraction of sp³-hybridized carbons (Fsp3) is 0.615. The number of ether oxygens (including phenoxy) is 1. The predicted molar refractivity (Wildman–Crippen MR) is 75.7 cm³/mol. The zero-order valence-corrected chi connectivity index (χ0v) is 12.7. The number of halogens is 1. The second-order valence-electron chi connectivity index (χ2n) is 5.74. The van der Waals surface area contributed by atoms with Crippen LogP contribution < -0.4 is 5.46 Å². The van der Waals surface area contributed by atoms with Crippen molar-refractivity contribution in [2.45, 2.75) is 45.5 Å². The van der Waals surface area contributed by atoms with Gasteiger partial charge in [0.15, 0.2) is 0 Å². The van der Waals surface area contributed by atoms with Gasteiger partial charge in [0.1, 0.15) is 5.15 Å². The maximum Gasteiger partial charge on any atom is 0.498 e. The summed E-state index contributed by atoms with van der Waals surface area (Å²) in [6.45, 7) is 8.51. The second-order valence-corrected chi connectivity index (χ2v) is 6.10. The van der Waals surface area contributed by atoms with E-state index in [-0.39, 0.29) is 0 Å². The van der Waals surface area contributed by atoms with Gasteiger partial charge in [-0.2, -0.15) is 0 Å². The highest BCUT2D eigenvalue weighted by molar-refractivity contribution is 6.65. The van der Waals surface area contributed by atoms with E-state index in [2.05, 4.69) is 4.98 Å². The van der Waals surface area contributed by atoms with Crippen LogP contribution in [0, 0.1) is 0 Å². The Morgan fingerprint density at radius 2 is 1.84 bits per heavy atom. The predicted octanol–water partition coefficient (Wildman–Crippen LogP) is 2.18. The Morgan fingerprint density at radius 1 is 1.26 bits per heavy atom. The molecule has 0 amide bonds. The number of hydrogen-bond acceptors (Lipinski definition) is 4. The minimum absolute atomic E-state index is 0.391. The molecule has 0 radical (unpaired) electrons. The van der Waals surface area contributed by atoms with Crippen LogP contribution in [0.1, 0.15) is 33.3 Å². The maximum atomic E-state index is 6.15. The van der Waals surface area contributed by atoms with E-state index in [1.54, 1.807) is 13.3 Å². The molecule has 0 bridgehead atoms. The van der Waals surface area contributed by atoms with Crippen molar-refractivity contribution >= 4 is 24.2 Å². The van der Waals surface area contributed by atoms with Crippen LogP contribution in [0.5, 0.6) is 0 Å². The van der Waals surface area contributed by atoms with Gasteiger partial charge in [-0.3, -0.25) is 0 Å². The molecule has 104 valence electrons. The van der Waals surface area contributed by atoms with Crippen molar-refractivity contribution in [3.05, 3.63) is 23.0 Å². The summed E-state index contributed by atoms with van der Waals surface area (Å²) in [7, 11) is 1.14. The van der Waals surface area contributed by atoms with Gasteiger partial charge >= 0.3 is 7.12 Å². The fourth-order valence-corrected chi connectivity index (χ4v) is 2.08. The van der Waals surface area contributed by atoms with Gasteiger partial charge in [0.2, 0.25) is 0 Å². The smallest absolute Gasteiger partial charge is 0.399 e. The standard InChI is InChI=1S/C13H19BClNO3/c1-12(2)13(3,4)19-14(18-12)10-6-9(8-17-5)7-16-11(10)15/h6-7H,8H2,1-5H3. The summed E-state index contributed by atoms with van der Waals surface area (Å²) < 4.78 is 17.1. The van der Waals surface area contributed by atoms with Crippen molar-refractivity contribution in [2.75, 3.05) is 7.11 Å². The van der Waals surface area contributed by atoms with E-state index in [4.69, 9.17) is 25.6 Å². The fourth-order valence-electron chi connectivity index (χ4n) is 1.89. The molecule has 19 heavy (non-hydrogen) atoms. The molecule has 1 saturated heterocycles. The molecule has 0 N–H and O–H groups in total. The highest BCUT2D eigenvalue weighted by Gasteiger charge is 2.52. The van der Waals surface area contributed by atoms with E-state index in [1.165, 1.54) is 0 Å². The number of nitrogens with zero attached hydrogens (tertiary/aromatic N) is 1. The third kappa shape index (κ3) is 2.79. The summed E-state index contributed by atoms with van der Waals surface area (Å²) in [6.07, 6.45) is 1.70. The molecule has 0 spiro atoms. The Morgan fingerprint density at radius 3 is 2.37 bits per heavy atom. The molecule has 1 aromatic heterocycles. The number of pyridine rings is 1. The first-order chi connectivity index (χ1) is 8.77. The van der Waals surface area contributed by atoms with E-state index in [0.717, 1.165) is 11.0 Å². The number of hydrogen-bond donors (Lipinski definition) is 0. The molecular formula is C13H19BClNO3. The zero-order valence-electron chi connectivity index (χ0n) is 12.0. The molecule has 1 aliphatic rings. The number of rotatable bonds is 3. The summed E-state index contributed by atoms with van der Waals surface area (Å²) in [6, 6.07) is 1.92. The first kappa shape index (κ1) is 14.8. The highest BCUT2D eigenvalue weighted by Crippen LogP contribution is 2.36. The van der Waals surface area contributed by atoms with Crippen molar-refractivity contribution in [1.82, 2.24) is 4.98 Å². The van der Waals surface area contributed by atoms with E-state index in [0.29, 0.717) is 11.8 Å². The molecule has 1 aromatic rings. The maximum absolute atomic E-state index is 6.15. The lowest BCUT2D eigenvalue weighted by Gasteiger charge is -2.32. The molecule has 0 aromatic carbocycles. The molecule has 0 atom stereocenters. The Bertz CT molecular complexity index is 463. The van der Waals surface area contributed by atoms with E-state index in [1.807, 2.05) is 33.8 Å². The van der Waals surface area contributed by atoms with Gasteiger partial charge in [-0.25, -0.2) is 4.98 Å². The van der Waals surface area contributed by atoms with E-state index in [9.17, 15) is 0 Å². The van der Waals surface area contributed by atoms with Gasteiger partial charge in [-0.1, -0.05) is 17.7 Å². The quantitative estimate of drug-likeness (QED) is 0.630. The van der Waals surface area contributed by atoms with Crippen molar-refractivity contribution in [1.29, 1.82) is 0 Å². The van der Waals surface area contributed by atoms with Crippen molar-refractivity contribution in [3.63, 3.8) is 0 Å². The first-order valence-corrected chi connectivity index (χ1v) is 6.63. The van der Waals surface area contributed by atoms with Gasteiger partial charge < -0.3 is 14.0 Å². The highest BCUT2D eigenvalue weighted by atomic mass is 35.5. The topological polar surface area (TPSA) is 40.6 Å². The van der Waals surface area contributed by atoms with Crippen molar-refractivity contribution in [3.8, 4) is 0 Å². The van der Waals surface area contributed by atoms with Crippen LogP contribution in [-0.2, 0) is 20.7 Å². The molecule has 0 aliphatic carbocycles. The molecule has 6 heteroatoms. The van der Waals surface area contributed by atoms with Crippen molar-refractivity contribution < 1.29 is 14.0 Å². The lowest BCUT2D eigenvalue weighted by Crippen LogP contribution is -2.41. The molecule has 4 nitrogen and oxygen atoms in total. The van der Waals surface area contributed by atoms with Crippen LogP contribution in [0.2, 0.25) is 5.15 Å². The van der Waals surface area contributed by atoms with Gasteiger partial charge in [0.25, 0.3) is 0 Å². The average Bonchev–Trinajstić information content (AvgIpc) is 2.51. The van der Waals surface area contributed by atoms with E-state index < -0.39 is 18.3 Å². The Balaban J connectivity index is 2.31. The molecule has 0 unspecified atom stereocenters. The summed E-state index contributed by atoms with van der Waals surface area (Å²) in [5.74, 6) is 0. The van der Waals surface area contributed by atoms with Gasteiger partial charge in [0, 0.05) is 18.8 Å². The molecule has 2 heterocycles. The second kappa shape index (κ2) is 5.06. The molecule has 1 fully saturated rings. The van der Waals surface area contributed by atoms with Crippen molar-refractivity contribution in [2.24, 2.45) is 0 Å². The molecule has 1 aliphatic heterocycles. The summed E-state index contributed by atoms with van der Waals surface area (Å²) in [5.41, 5.74) is 0.905. The monoisotopic (exact) mass is 283 g/mol. The van der Waals surface area contributed by atoms with Crippen LogP contribution in [0.25, 0.3) is 0 Å². The number of methoxy groups -OCH3 is 1. The van der Waals surface area contributed by atoms with Crippen LogP contribution in [0.4, 0.5) is 0 Å². The third-order valence-corrected chi connectivity index (χ3v) is 4.06. The Hall–Kier alpha value is -0.615. The lowest BCUT2D eigenvalue weighted by atomic mass is 9.79. The van der Waals surface area contributed by atoms with Gasteiger partial charge in [0.05, 0.1) is 17.8 Å². The van der Waals surface area contributed by atoms with Gasteiger partial charge in [-0.05, 0) is 33.3 Å². The third-order valence-electron chi connectivity index (χ3n) is 3.74. The SMILES string of the molecule is COCc1cnc(Cl)c(B2OC(C)(C)C(C)(C)O2)c1. The number of aromatic nitrogens is 1. The summed E-state index contributed by atoms with van der Waals surface area (Å²) in [5, 5.41) is 0.401. The minimum atomic E-state index is -0.498. The van der Waals surface area contributed by atoms with E-state index >= 15 is 0 Å². The average molecular weight is 284 g/mol. The summed E-state index contributed by atoms with van der Waals surface area (Å²) >= 11 is 6.15. The van der Waals surface area contributed by atoms with Crippen LogP contribution in [-0.4, -0.2) is 30.4 Å². The minimum Gasteiger partial charge on any atom is -0.399 e. The molecule has 2 rings (SSSR count). The Labute approximate surface area is 119 Å². The zero-order chi connectivity index (χ0) is 14.3. The summed E-state index contributed by atoms with van der Waals surface area (Å²) in [4.78, 5) is 4.16. The normalized spacial score (nSPS) is 20.8. The molecular weight excluding hydrogens is 264 g/mol. The largest absolute Gasteiger partial charge is 0.498 e. The lowest BCUT2D eigenvalue weighted by molar-refractivity contribution is 0.00578. The molecule has 0 saturated carbocycles. The van der Waals surface area contributed by atoms with Crippen LogP contribution in [0.15, 0.2) is 12.3 Å². The van der Waals surface area contributed by atoms with Gasteiger partial charge in [-0.15, -0.1) is 0 Å². The Kier molecular flexibility index (Phi) is 3.93.